The summed E-state index contributed by atoms with van der Waals surface area (Å²) in [5.74, 6) is 0.857. The number of ether oxygens (including phenoxy) is 2. The maximum atomic E-state index is 12.4. The van der Waals surface area contributed by atoms with Crippen LogP contribution in [0.3, 0.4) is 0 Å². The van der Waals surface area contributed by atoms with E-state index in [2.05, 4.69) is 15.4 Å². The summed E-state index contributed by atoms with van der Waals surface area (Å²) in [6.45, 7) is 1.87. The minimum Gasteiger partial charge on any atom is -0.497 e. The molecule has 1 N–H and O–H groups in total. The van der Waals surface area contributed by atoms with Crippen LogP contribution in [0, 0.1) is 6.92 Å². The molecule has 0 spiro atoms. The molecule has 7 nitrogen and oxygen atoms in total. The number of nitrogens with zero attached hydrogens (tertiary/aromatic N) is 3. The van der Waals surface area contributed by atoms with Gasteiger partial charge < -0.3 is 14.8 Å². The van der Waals surface area contributed by atoms with Crippen LogP contribution in [-0.4, -0.2) is 34.7 Å². The summed E-state index contributed by atoms with van der Waals surface area (Å²) in [7, 11) is 3.11. The van der Waals surface area contributed by atoms with Crippen LogP contribution in [0.15, 0.2) is 36.5 Å². The van der Waals surface area contributed by atoms with Crippen molar-refractivity contribution in [2.45, 2.75) is 6.92 Å². The minimum absolute atomic E-state index is 0.289. The summed E-state index contributed by atoms with van der Waals surface area (Å²) in [4.78, 5) is 16.7. The maximum absolute atomic E-state index is 12.4. The molecule has 3 aromatic rings. The van der Waals surface area contributed by atoms with Gasteiger partial charge in [0.1, 0.15) is 17.2 Å². The van der Waals surface area contributed by atoms with Crippen molar-refractivity contribution in [3.8, 4) is 11.5 Å². The molecule has 0 atom stereocenters. The van der Waals surface area contributed by atoms with E-state index in [4.69, 9.17) is 9.47 Å². The second-order valence-electron chi connectivity index (χ2n) is 4.96. The number of amides is 1. The number of carbonyl (C=O) groups excluding carboxylic acids is 1. The van der Waals surface area contributed by atoms with Gasteiger partial charge in [-0.25, -0.2) is 9.50 Å². The first-order valence-electron chi connectivity index (χ1n) is 6.96. The number of rotatable bonds is 4. The number of hydrogen-bond acceptors (Lipinski definition) is 5. The van der Waals surface area contributed by atoms with Crippen LogP contribution in [0.1, 0.15) is 16.2 Å². The summed E-state index contributed by atoms with van der Waals surface area (Å²) in [6, 6.07) is 8.53. The van der Waals surface area contributed by atoms with E-state index < -0.39 is 0 Å². The molecule has 1 amide bonds. The highest BCUT2D eigenvalue weighted by Gasteiger charge is 2.11. The van der Waals surface area contributed by atoms with Crippen LogP contribution >= 0.6 is 0 Å². The molecule has 0 saturated carbocycles. The molecular weight excluding hydrogens is 296 g/mol. The largest absolute Gasteiger partial charge is 0.497 e. The van der Waals surface area contributed by atoms with E-state index in [-0.39, 0.29) is 11.6 Å². The van der Waals surface area contributed by atoms with Crippen LogP contribution < -0.4 is 14.8 Å². The fraction of sp³-hybridized carbons (Fsp3) is 0.188. The van der Waals surface area contributed by atoms with Gasteiger partial charge in [-0.3, -0.25) is 4.79 Å². The monoisotopic (exact) mass is 312 g/mol. The predicted octanol–water partition coefficient (Wildman–Crippen LogP) is 2.31. The van der Waals surface area contributed by atoms with Gasteiger partial charge in [-0.05, 0) is 19.1 Å². The van der Waals surface area contributed by atoms with Gasteiger partial charge in [0.25, 0.3) is 5.91 Å². The summed E-state index contributed by atoms with van der Waals surface area (Å²) in [5.41, 5.74) is 2.39. The van der Waals surface area contributed by atoms with E-state index in [9.17, 15) is 4.79 Å². The SMILES string of the molecule is COc1cc(NC(=O)c2ccc3nc(C)cn3n2)cc(OC)c1. The Morgan fingerprint density at radius 3 is 2.48 bits per heavy atom. The number of aromatic nitrogens is 3. The van der Waals surface area contributed by atoms with Gasteiger partial charge in [0.15, 0.2) is 5.65 Å². The molecule has 0 saturated heterocycles. The lowest BCUT2D eigenvalue weighted by molar-refractivity contribution is 0.102. The number of carbonyl (C=O) groups is 1. The van der Waals surface area contributed by atoms with Crippen LogP contribution in [0.2, 0.25) is 0 Å². The number of aryl methyl sites for hydroxylation is 1. The molecular formula is C16H16N4O3. The quantitative estimate of drug-likeness (QED) is 0.800. The third-order valence-corrected chi connectivity index (χ3v) is 3.28. The molecule has 0 fully saturated rings. The third-order valence-electron chi connectivity index (χ3n) is 3.28. The van der Waals surface area contributed by atoms with E-state index in [0.717, 1.165) is 5.69 Å². The molecule has 0 unspecified atom stereocenters. The smallest absolute Gasteiger partial charge is 0.276 e. The van der Waals surface area contributed by atoms with Crippen LogP contribution in [0.4, 0.5) is 5.69 Å². The first kappa shape index (κ1) is 14.8. The van der Waals surface area contributed by atoms with Crippen molar-refractivity contribution in [2.24, 2.45) is 0 Å². The van der Waals surface area contributed by atoms with Crippen molar-refractivity contribution in [3.63, 3.8) is 0 Å². The fourth-order valence-electron chi connectivity index (χ4n) is 2.20. The van der Waals surface area contributed by atoms with Crippen LogP contribution in [0.5, 0.6) is 11.5 Å². The molecule has 0 aliphatic carbocycles. The number of methoxy groups -OCH3 is 2. The molecule has 0 aliphatic rings. The molecule has 118 valence electrons. The molecule has 2 heterocycles. The number of nitrogens with one attached hydrogen (secondary N) is 1. The van der Waals surface area contributed by atoms with Gasteiger partial charge in [0, 0.05) is 23.9 Å². The second kappa shape index (κ2) is 5.96. The Bertz CT molecular complexity index is 851. The summed E-state index contributed by atoms with van der Waals surface area (Å²) >= 11 is 0. The zero-order chi connectivity index (χ0) is 16.4. The zero-order valence-corrected chi connectivity index (χ0v) is 13.0. The Balaban J connectivity index is 1.87. The van der Waals surface area contributed by atoms with Crippen molar-refractivity contribution in [1.29, 1.82) is 0 Å². The predicted molar refractivity (Wildman–Crippen MR) is 85.2 cm³/mol. The Morgan fingerprint density at radius 2 is 1.83 bits per heavy atom. The van der Waals surface area contributed by atoms with Crippen molar-refractivity contribution in [3.05, 3.63) is 47.9 Å². The summed E-state index contributed by atoms with van der Waals surface area (Å²) in [6.07, 6.45) is 1.76. The topological polar surface area (TPSA) is 77.8 Å². The Labute approximate surface area is 132 Å². The Hall–Kier alpha value is -3.09. The number of hydrogen-bond donors (Lipinski definition) is 1. The van der Waals surface area contributed by atoms with E-state index >= 15 is 0 Å². The highest BCUT2D eigenvalue weighted by atomic mass is 16.5. The van der Waals surface area contributed by atoms with Gasteiger partial charge in [-0.2, -0.15) is 5.10 Å². The zero-order valence-electron chi connectivity index (χ0n) is 13.0. The second-order valence-corrected chi connectivity index (χ2v) is 4.96. The Morgan fingerprint density at radius 1 is 1.13 bits per heavy atom. The van der Waals surface area contributed by atoms with Gasteiger partial charge >= 0.3 is 0 Å². The maximum Gasteiger partial charge on any atom is 0.276 e. The normalized spacial score (nSPS) is 10.6. The number of fused-ring (bicyclic) bond motifs is 1. The average molecular weight is 312 g/mol. The van der Waals surface area contributed by atoms with Gasteiger partial charge in [0.2, 0.25) is 0 Å². The number of benzene rings is 1. The van der Waals surface area contributed by atoms with Gasteiger partial charge in [0.05, 0.1) is 26.1 Å². The van der Waals surface area contributed by atoms with E-state index in [0.29, 0.717) is 22.8 Å². The molecule has 2 aromatic heterocycles. The summed E-state index contributed by atoms with van der Waals surface area (Å²) < 4.78 is 12.0. The lowest BCUT2D eigenvalue weighted by Gasteiger charge is -2.09. The first-order chi connectivity index (χ1) is 11.1. The van der Waals surface area contributed by atoms with Gasteiger partial charge in [-0.15, -0.1) is 0 Å². The standard InChI is InChI=1S/C16H16N4O3/c1-10-9-20-15(17-10)5-4-14(19-20)16(21)18-11-6-12(22-2)8-13(7-11)23-3/h4-9H,1-3H3,(H,18,21). The van der Waals surface area contributed by atoms with Crippen molar-refractivity contribution in [1.82, 2.24) is 14.6 Å². The molecule has 0 radical (unpaired) electrons. The van der Waals surface area contributed by atoms with Crippen molar-refractivity contribution >= 4 is 17.2 Å². The molecule has 7 heteroatoms. The lowest BCUT2D eigenvalue weighted by Crippen LogP contribution is -2.15. The van der Waals surface area contributed by atoms with Crippen LogP contribution in [-0.2, 0) is 0 Å². The average Bonchev–Trinajstić information content (AvgIpc) is 2.93. The lowest BCUT2D eigenvalue weighted by atomic mass is 10.2. The minimum atomic E-state index is -0.325. The first-order valence-corrected chi connectivity index (χ1v) is 6.96. The highest BCUT2D eigenvalue weighted by Crippen LogP contribution is 2.26. The van der Waals surface area contributed by atoms with Crippen molar-refractivity contribution in [2.75, 3.05) is 19.5 Å². The third kappa shape index (κ3) is 3.08. The molecule has 3 rings (SSSR count). The van der Waals surface area contributed by atoms with Gasteiger partial charge in [-0.1, -0.05) is 0 Å². The molecule has 1 aromatic carbocycles. The van der Waals surface area contributed by atoms with E-state index in [1.807, 2.05) is 6.92 Å². The molecule has 0 bridgehead atoms. The fourth-order valence-corrected chi connectivity index (χ4v) is 2.20. The highest BCUT2D eigenvalue weighted by molar-refractivity contribution is 6.03. The molecule has 0 aliphatic heterocycles. The Kier molecular flexibility index (Phi) is 3.84. The van der Waals surface area contributed by atoms with E-state index in [1.54, 1.807) is 55.3 Å². The van der Waals surface area contributed by atoms with Crippen LogP contribution in [0.25, 0.3) is 5.65 Å². The number of anilines is 1. The summed E-state index contributed by atoms with van der Waals surface area (Å²) in [5, 5.41) is 7.04. The van der Waals surface area contributed by atoms with Crippen molar-refractivity contribution < 1.29 is 14.3 Å². The number of imidazole rings is 1. The molecule has 23 heavy (non-hydrogen) atoms. The van der Waals surface area contributed by atoms with E-state index in [1.165, 1.54) is 0 Å².